The van der Waals surface area contributed by atoms with E-state index < -0.39 is 86.7 Å². The van der Waals surface area contributed by atoms with E-state index in [1.54, 1.807) is 0 Å². The van der Waals surface area contributed by atoms with Crippen LogP contribution in [0.15, 0.2) is 21.9 Å². The second-order valence-electron chi connectivity index (χ2n) is 5.73. The van der Waals surface area contributed by atoms with Crippen LogP contribution in [-0.2, 0) is 20.2 Å². The number of hydrogen-bond acceptors (Lipinski definition) is 10. The van der Waals surface area contributed by atoms with Crippen molar-refractivity contribution in [1.29, 1.82) is 0 Å². The van der Waals surface area contributed by atoms with Crippen molar-refractivity contribution in [2.75, 3.05) is 11.5 Å². The van der Waals surface area contributed by atoms with Crippen LogP contribution in [0.25, 0.3) is 0 Å². The molecule has 2 aromatic carbocycles. The second-order valence-corrected chi connectivity index (χ2v) is 8.51. The van der Waals surface area contributed by atoms with E-state index in [0.717, 1.165) is 0 Å². The van der Waals surface area contributed by atoms with Crippen molar-refractivity contribution in [3.63, 3.8) is 0 Å². The molecule has 3 rings (SSSR count). The minimum Gasteiger partial charge on any atom is -0.506 e. The molecule has 0 spiro atoms. The van der Waals surface area contributed by atoms with Gasteiger partial charge in [-0.05, 0) is 12.1 Å². The number of fused-ring (bicyclic) bond motifs is 2. The molecule has 0 fully saturated rings. The minimum atomic E-state index is -5.04. The van der Waals surface area contributed by atoms with Gasteiger partial charge in [-0.25, -0.2) is 0 Å². The smallest absolute Gasteiger partial charge is 0.298 e. The monoisotopic (exact) mass is 522 g/mol. The maximum absolute atomic E-state index is 12.8. The number of carbonyl (C=O) groups excluding carboxylic acids is 2. The molecule has 0 saturated carbocycles. The zero-order chi connectivity index (χ0) is 21.3. The molecule has 0 unspecified atom stereocenters. The summed E-state index contributed by atoms with van der Waals surface area (Å²) in [5, 5.41) is 20.3. The van der Waals surface area contributed by atoms with Gasteiger partial charge in [-0.3, -0.25) is 18.7 Å². The van der Waals surface area contributed by atoms with E-state index in [2.05, 4.69) is 0 Å². The van der Waals surface area contributed by atoms with Gasteiger partial charge in [0.1, 0.15) is 21.3 Å². The molecular weight excluding hydrogens is 512 g/mol. The van der Waals surface area contributed by atoms with Crippen molar-refractivity contribution in [2.45, 2.75) is 9.79 Å². The molecule has 2 aromatic rings. The number of hydrogen-bond donors (Lipinski definition) is 6. The largest absolute Gasteiger partial charge is 0.506 e. The number of phenols is 2. The minimum absolute atomic E-state index is 0. The molecule has 4 radical (unpaired) electrons. The van der Waals surface area contributed by atoms with Gasteiger partial charge < -0.3 is 21.7 Å². The Hall–Kier alpha value is 0.800. The van der Waals surface area contributed by atoms with Crippen LogP contribution in [0.1, 0.15) is 31.8 Å². The summed E-state index contributed by atoms with van der Waals surface area (Å²) in [6, 6.07) is 1.01. The van der Waals surface area contributed by atoms with Gasteiger partial charge in [0.05, 0.1) is 22.3 Å². The molecule has 32 heavy (non-hydrogen) atoms. The van der Waals surface area contributed by atoms with Crippen molar-refractivity contribution in [3.8, 4) is 11.5 Å². The number of benzene rings is 2. The normalized spacial score (nSPS) is 12.2. The van der Waals surface area contributed by atoms with E-state index in [1.807, 2.05) is 0 Å². The average molecular weight is 522 g/mol. The van der Waals surface area contributed by atoms with E-state index in [4.69, 9.17) is 20.6 Å². The zero-order valence-corrected chi connectivity index (χ0v) is 27.0. The Balaban J connectivity index is 0. The van der Waals surface area contributed by atoms with Gasteiger partial charge in [0.15, 0.2) is 0 Å². The van der Waals surface area contributed by atoms with Crippen LogP contribution in [0.2, 0.25) is 0 Å². The van der Waals surface area contributed by atoms with E-state index in [9.17, 15) is 36.6 Å². The van der Waals surface area contributed by atoms with Crippen LogP contribution >= 0.6 is 0 Å². The quantitative estimate of drug-likeness (QED) is 0.0929. The van der Waals surface area contributed by atoms with Gasteiger partial charge in [-0.2, -0.15) is 16.8 Å². The molecule has 0 aromatic heterocycles. The number of anilines is 2. The Labute approximate surface area is 270 Å². The topological polar surface area (TPSA) is 235 Å². The van der Waals surface area contributed by atoms with E-state index in [0.29, 0.717) is 12.1 Å². The summed E-state index contributed by atoms with van der Waals surface area (Å²) in [5.74, 6) is -5.11. The first kappa shape index (κ1) is 35.0. The Morgan fingerprint density at radius 1 is 0.594 bits per heavy atom. The third-order valence-electron chi connectivity index (χ3n) is 4.05. The molecule has 8 N–H and O–H groups in total. The number of carbonyl (C=O) groups is 2. The summed E-state index contributed by atoms with van der Waals surface area (Å²) in [6.07, 6.45) is 0. The molecule has 0 amide bonds. The first-order valence-corrected chi connectivity index (χ1v) is 9.91. The Kier molecular flexibility index (Phi) is 12.8. The fourth-order valence-corrected chi connectivity index (χ4v) is 4.15. The molecule has 0 saturated heterocycles. The molecule has 0 heterocycles. The molecule has 0 atom stereocenters. The Morgan fingerprint density at radius 3 is 1.06 bits per heavy atom. The predicted molar refractivity (Wildman–Crippen MR) is 115 cm³/mol. The average Bonchev–Trinajstić information content (AvgIpc) is 2.53. The zero-order valence-electron chi connectivity index (χ0n) is 17.4. The molecule has 1 aliphatic carbocycles. The maximum Gasteiger partial charge on any atom is 0.298 e. The standard InChI is InChI=1S/C14H10N2O10S2.4Na/c15-3-1-5(27(21,22)23)11(17)9-7(3)13(19)10-8(14(9)20)4(16)2-6(12(10)18)28(24,25)26;;;;/h1-2,17-18H,15-16H2,(H,21,22,23)(H,24,25,26);;;;. The van der Waals surface area contributed by atoms with Gasteiger partial charge in [0, 0.05) is 130 Å². The third kappa shape index (κ3) is 5.78. The summed E-state index contributed by atoms with van der Waals surface area (Å²) in [7, 11) is -10.1. The number of phenolic OH excluding ortho intramolecular Hbond substituents is 2. The summed E-state index contributed by atoms with van der Waals surface area (Å²) in [4.78, 5) is 23.3. The van der Waals surface area contributed by atoms with Gasteiger partial charge in [0.25, 0.3) is 20.2 Å². The number of ketones is 2. The first-order chi connectivity index (χ1) is 12.7. The molecule has 0 aliphatic heterocycles. The van der Waals surface area contributed by atoms with Crippen LogP contribution in [-0.4, -0.2) is 166 Å². The van der Waals surface area contributed by atoms with Gasteiger partial charge in [-0.1, -0.05) is 0 Å². The van der Waals surface area contributed by atoms with Crippen molar-refractivity contribution in [1.82, 2.24) is 0 Å². The van der Waals surface area contributed by atoms with E-state index in [1.165, 1.54) is 0 Å². The van der Waals surface area contributed by atoms with Gasteiger partial charge >= 0.3 is 0 Å². The number of rotatable bonds is 2. The molecular formula is C14H10N2Na4O10S2. The first-order valence-electron chi connectivity index (χ1n) is 7.03. The summed E-state index contributed by atoms with van der Waals surface area (Å²) >= 11 is 0. The molecule has 152 valence electrons. The SMILES string of the molecule is Nc1cc(S(=O)(=O)O)c(O)c2c1C(=O)c1c(O)c(S(=O)(=O)O)cc(N)c1C2=O.[Na].[Na].[Na].[Na]. The predicted octanol–water partition coefficient (Wildman–Crippen LogP) is -1.99. The van der Waals surface area contributed by atoms with Crippen LogP contribution in [0.5, 0.6) is 11.5 Å². The fraction of sp³-hybridized carbons (Fsp3) is 0. The fourth-order valence-electron chi connectivity index (χ4n) is 2.91. The van der Waals surface area contributed by atoms with Gasteiger partial charge in [-0.15, -0.1) is 0 Å². The van der Waals surface area contributed by atoms with Crippen molar-refractivity contribution in [2.24, 2.45) is 0 Å². The van der Waals surface area contributed by atoms with Crippen LogP contribution in [0.4, 0.5) is 11.4 Å². The number of nitrogens with two attached hydrogens (primary N) is 2. The van der Waals surface area contributed by atoms with Crippen LogP contribution in [0.3, 0.4) is 0 Å². The third-order valence-corrected chi connectivity index (χ3v) is 5.79. The van der Waals surface area contributed by atoms with Crippen LogP contribution < -0.4 is 11.5 Å². The van der Waals surface area contributed by atoms with Crippen molar-refractivity contribution >= 4 is 161 Å². The van der Waals surface area contributed by atoms with Crippen LogP contribution in [0, 0.1) is 0 Å². The van der Waals surface area contributed by atoms with Gasteiger partial charge in [0.2, 0.25) is 11.6 Å². The summed E-state index contributed by atoms with van der Waals surface area (Å²) in [6.45, 7) is 0. The molecule has 18 heteroatoms. The van der Waals surface area contributed by atoms with E-state index in [-0.39, 0.29) is 118 Å². The molecule has 1 aliphatic rings. The van der Waals surface area contributed by atoms with Crippen molar-refractivity contribution < 1.29 is 45.7 Å². The number of aromatic hydroxyl groups is 2. The van der Waals surface area contributed by atoms with Crippen molar-refractivity contribution in [3.05, 3.63) is 34.4 Å². The Bertz CT molecular complexity index is 1240. The molecule has 12 nitrogen and oxygen atoms in total. The number of nitrogen functional groups attached to an aromatic ring is 2. The summed E-state index contributed by atoms with van der Waals surface area (Å²) < 4.78 is 63.9. The van der Waals surface area contributed by atoms with E-state index >= 15 is 0 Å². The molecule has 0 bridgehead atoms. The second kappa shape index (κ2) is 11.7. The Morgan fingerprint density at radius 2 is 0.844 bits per heavy atom. The maximum atomic E-state index is 12.8. The summed E-state index contributed by atoms with van der Waals surface area (Å²) in [5.41, 5.74) is 6.54.